The summed E-state index contributed by atoms with van der Waals surface area (Å²) in [7, 11) is 0. The highest BCUT2D eigenvalue weighted by molar-refractivity contribution is 5.90. The maximum absolute atomic E-state index is 10.8. The van der Waals surface area contributed by atoms with Gasteiger partial charge in [-0.1, -0.05) is 13.5 Å². The van der Waals surface area contributed by atoms with E-state index in [1.807, 2.05) is 13.8 Å². The molecule has 0 aromatic rings. The second-order valence-corrected chi connectivity index (χ2v) is 2.65. The SMILES string of the molecule is C=C1C(=O)OC(C)C1CC. The Balaban J connectivity index is 2.74. The zero-order valence-electron chi connectivity index (χ0n) is 6.39. The van der Waals surface area contributed by atoms with Gasteiger partial charge in [0, 0.05) is 11.5 Å². The molecule has 0 saturated carbocycles. The maximum Gasteiger partial charge on any atom is 0.334 e. The Morgan fingerprint density at radius 1 is 1.70 bits per heavy atom. The molecule has 0 aliphatic carbocycles. The van der Waals surface area contributed by atoms with Crippen molar-refractivity contribution in [3.05, 3.63) is 12.2 Å². The van der Waals surface area contributed by atoms with Crippen molar-refractivity contribution in [1.29, 1.82) is 0 Å². The minimum Gasteiger partial charge on any atom is -0.459 e. The Labute approximate surface area is 60.9 Å². The summed E-state index contributed by atoms with van der Waals surface area (Å²) in [4.78, 5) is 10.8. The number of ether oxygens (including phenoxy) is 1. The third-order valence-corrected chi connectivity index (χ3v) is 2.01. The van der Waals surface area contributed by atoms with Crippen molar-refractivity contribution in [3.63, 3.8) is 0 Å². The summed E-state index contributed by atoms with van der Waals surface area (Å²) in [6.07, 6.45) is 0.969. The zero-order valence-corrected chi connectivity index (χ0v) is 6.39. The second-order valence-electron chi connectivity index (χ2n) is 2.65. The van der Waals surface area contributed by atoms with Gasteiger partial charge in [0.05, 0.1) is 0 Å². The number of carbonyl (C=O) groups excluding carboxylic acids is 1. The molecule has 1 rings (SSSR count). The van der Waals surface area contributed by atoms with E-state index in [1.54, 1.807) is 0 Å². The van der Waals surface area contributed by atoms with Crippen molar-refractivity contribution in [2.75, 3.05) is 0 Å². The first-order chi connectivity index (χ1) is 4.66. The lowest BCUT2D eigenvalue weighted by Crippen LogP contribution is -2.10. The molecule has 1 heterocycles. The molecule has 0 bridgehead atoms. The number of hydrogen-bond acceptors (Lipinski definition) is 2. The van der Waals surface area contributed by atoms with Gasteiger partial charge < -0.3 is 4.74 Å². The van der Waals surface area contributed by atoms with E-state index in [4.69, 9.17) is 4.74 Å². The highest BCUT2D eigenvalue weighted by Gasteiger charge is 2.33. The maximum atomic E-state index is 10.8. The Morgan fingerprint density at radius 3 is 2.50 bits per heavy atom. The van der Waals surface area contributed by atoms with Crippen molar-refractivity contribution in [2.24, 2.45) is 5.92 Å². The minimum atomic E-state index is -0.223. The van der Waals surface area contributed by atoms with Crippen LogP contribution in [0.3, 0.4) is 0 Å². The summed E-state index contributed by atoms with van der Waals surface area (Å²) in [5, 5.41) is 0. The van der Waals surface area contributed by atoms with Gasteiger partial charge in [0.2, 0.25) is 0 Å². The Bertz CT molecular complexity index is 172. The fourth-order valence-corrected chi connectivity index (χ4v) is 1.34. The van der Waals surface area contributed by atoms with Crippen LogP contribution in [-0.4, -0.2) is 12.1 Å². The lowest BCUT2D eigenvalue weighted by molar-refractivity contribution is -0.138. The average Bonchev–Trinajstić information content (AvgIpc) is 2.09. The molecule has 1 fully saturated rings. The number of cyclic esters (lactones) is 1. The Morgan fingerprint density at radius 2 is 2.30 bits per heavy atom. The molecular formula is C8H12O2. The van der Waals surface area contributed by atoms with Crippen LogP contribution in [0.5, 0.6) is 0 Å². The van der Waals surface area contributed by atoms with E-state index in [2.05, 4.69) is 6.58 Å². The Kier molecular flexibility index (Phi) is 1.79. The van der Waals surface area contributed by atoms with Gasteiger partial charge in [-0.3, -0.25) is 0 Å². The fourth-order valence-electron chi connectivity index (χ4n) is 1.34. The van der Waals surface area contributed by atoms with Crippen molar-refractivity contribution >= 4 is 5.97 Å². The lowest BCUT2D eigenvalue weighted by atomic mass is 9.96. The normalized spacial score (nSPS) is 32.6. The van der Waals surface area contributed by atoms with E-state index in [-0.39, 0.29) is 18.0 Å². The number of rotatable bonds is 1. The van der Waals surface area contributed by atoms with Gasteiger partial charge in [-0.25, -0.2) is 4.79 Å². The topological polar surface area (TPSA) is 26.3 Å². The molecule has 0 amide bonds. The molecule has 0 radical (unpaired) electrons. The first-order valence-corrected chi connectivity index (χ1v) is 3.56. The standard InChI is InChI=1S/C8H12O2/c1-4-7-5(2)8(9)10-6(7)3/h6-7H,2,4H2,1,3H3. The number of esters is 1. The highest BCUT2D eigenvalue weighted by Crippen LogP contribution is 2.28. The summed E-state index contributed by atoms with van der Waals surface area (Å²) in [5.74, 6) is 0.0202. The van der Waals surface area contributed by atoms with Crippen LogP contribution in [0.25, 0.3) is 0 Å². The van der Waals surface area contributed by atoms with Crippen molar-refractivity contribution < 1.29 is 9.53 Å². The molecule has 0 aromatic carbocycles. The largest absolute Gasteiger partial charge is 0.459 e. The molecule has 2 nitrogen and oxygen atoms in total. The highest BCUT2D eigenvalue weighted by atomic mass is 16.5. The predicted octanol–water partition coefficient (Wildman–Crippen LogP) is 1.51. The number of hydrogen-bond donors (Lipinski definition) is 0. The van der Waals surface area contributed by atoms with E-state index in [0.29, 0.717) is 5.57 Å². The van der Waals surface area contributed by atoms with Gasteiger partial charge in [0.1, 0.15) is 6.10 Å². The molecule has 1 saturated heterocycles. The molecule has 0 spiro atoms. The summed E-state index contributed by atoms with van der Waals surface area (Å²) >= 11 is 0. The Hall–Kier alpha value is -0.790. The zero-order chi connectivity index (χ0) is 7.72. The van der Waals surface area contributed by atoms with Gasteiger partial charge in [-0.15, -0.1) is 0 Å². The van der Waals surface area contributed by atoms with Crippen LogP contribution in [0, 0.1) is 5.92 Å². The molecule has 1 aliphatic rings. The molecule has 2 heteroatoms. The van der Waals surface area contributed by atoms with Crippen molar-refractivity contribution in [3.8, 4) is 0 Å². The van der Waals surface area contributed by atoms with Gasteiger partial charge in [-0.2, -0.15) is 0 Å². The summed E-state index contributed by atoms with van der Waals surface area (Å²) in [6.45, 7) is 7.61. The van der Waals surface area contributed by atoms with Crippen LogP contribution in [0.4, 0.5) is 0 Å². The first kappa shape index (κ1) is 7.32. The smallest absolute Gasteiger partial charge is 0.334 e. The molecule has 2 atom stereocenters. The molecular weight excluding hydrogens is 128 g/mol. The quantitative estimate of drug-likeness (QED) is 0.407. The number of carbonyl (C=O) groups is 1. The van der Waals surface area contributed by atoms with E-state index >= 15 is 0 Å². The molecule has 10 heavy (non-hydrogen) atoms. The second kappa shape index (κ2) is 2.45. The average molecular weight is 140 g/mol. The summed E-state index contributed by atoms with van der Waals surface area (Å²) < 4.78 is 4.94. The summed E-state index contributed by atoms with van der Waals surface area (Å²) in [5.41, 5.74) is 0.634. The monoisotopic (exact) mass is 140 g/mol. The molecule has 0 aromatic heterocycles. The predicted molar refractivity (Wildman–Crippen MR) is 38.5 cm³/mol. The minimum absolute atomic E-state index is 0.0324. The van der Waals surface area contributed by atoms with Crippen LogP contribution in [0.2, 0.25) is 0 Å². The van der Waals surface area contributed by atoms with Gasteiger partial charge in [0.15, 0.2) is 0 Å². The lowest BCUT2D eigenvalue weighted by Gasteiger charge is -2.08. The van der Waals surface area contributed by atoms with E-state index in [9.17, 15) is 4.79 Å². The van der Waals surface area contributed by atoms with Crippen molar-refractivity contribution in [2.45, 2.75) is 26.4 Å². The fraction of sp³-hybridized carbons (Fsp3) is 0.625. The molecule has 56 valence electrons. The van der Waals surface area contributed by atoms with E-state index < -0.39 is 0 Å². The molecule has 2 unspecified atom stereocenters. The first-order valence-electron chi connectivity index (χ1n) is 3.56. The third-order valence-electron chi connectivity index (χ3n) is 2.01. The molecule has 1 aliphatic heterocycles. The van der Waals surface area contributed by atoms with Gasteiger partial charge in [-0.05, 0) is 13.3 Å². The van der Waals surface area contributed by atoms with Crippen LogP contribution >= 0.6 is 0 Å². The van der Waals surface area contributed by atoms with Crippen LogP contribution < -0.4 is 0 Å². The van der Waals surface area contributed by atoms with Gasteiger partial charge >= 0.3 is 5.97 Å². The van der Waals surface area contributed by atoms with Crippen LogP contribution in [0.1, 0.15) is 20.3 Å². The third kappa shape index (κ3) is 0.939. The van der Waals surface area contributed by atoms with Crippen LogP contribution in [-0.2, 0) is 9.53 Å². The van der Waals surface area contributed by atoms with Crippen LogP contribution in [0.15, 0.2) is 12.2 Å². The van der Waals surface area contributed by atoms with E-state index in [1.165, 1.54) is 0 Å². The van der Waals surface area contributed by atoms with Crippen molar-refractivity contribution in [1.82, 2.24) is 0 Å². The summed E-state index contributed by atoms with van der Waals surface area (Å²) in [6, 6.07) is 0. The van der Waals surface area contributed by atoms with Gasteiger partial charge in [0.25, 0.3) is 0 Å². The molecule has 0 N–H and O–H groups in total. The van der Waals surface area contributed by atoms with E-state index in [0.717, 1.165) is 6.42 Å².